The van der Waals surface area contributed by atoms with Gasteiger partial charge in [-0.2, -0.15) is 0 Å². The molecular formula is C16H25BrN2O2. The van der Waals surface area contributed by atoms with Gasteiger partial charge >= 0.3 is 0 Å². The third-order valence-electron chi connectivity index (χ3n) is 3.33. The number of amides is 1. The van der Waals surface area contributed by atoms with Crippen LogP contribution in [0.1, 0.15) is 45.7 Å². The second-order valence-electron chi connectivity index (χ2n) is 5.13. The summed E-state index contributed by atoms with van der Waals surface area (Å²) in [6, 6.07) is 6.18. The summed E-state index contributed by atoms with van der Waals surface area (Å²) in [5, 5.41) is 6.25. The molecule has 1 amide bonds. The Balaban J connectivity index is 2.72. The zero-order chi connectivity index (χ0) is 15.8. The van der Waals surface area contributed by atoms with Crippen molar-refractivity contribution in [3.63, 3.8) is 0 Å². The number of carbonyl (C=O) groups is 1. The quantitative estimate of drug-likeness (QED) is 0.750. The Morgan fingerprint density at radius 3 is 2.67 bits per heavy atom. The first-order valence-electron chi connectivity index (χ1n) is 7.42. The number of nitrogens with one attached hydrogen (secondary N) is 2. The lowest BCUT2D eigenvalue weighted by molar-refractivity contribution is -0.123. The van der Waals surface area contributed by atoms with E-state index in [1.165, 1.54) is 0 Å². The number of hydrogen-bond acceptors (Lipinski definition) is 3. The molecule has 2 atom stereocenters. The minimum Gasteiger partial charge on any atom is -0.483 e. The number of hydrogen-bond donors (Lipinski definition) is 2. The van der Waals surface area contributed by atoms with Crippen molar-refractivity contribution >= 4 is 21.8 Å². The summed E-state index contributed by atoms with van der Waals surface area (Å²) in [6.07, 6.45) is 0.909. The molecule has 0 heterocycles. The molecule has 0 aliphatic heterocycles. The molecule has 2 N–H and O–H groups in total. The molecule has 0 saturated heterocycles. The second kappa shape index (κ2) is 9.05. The second-order valence-corrected chi connectivity index (χ2v) is 6.04. The van der Waals surface area contributed by atoms with Crippen LogP contribution in [-0.4, -0.2) is 25.1 Å². The summed E-state index contributed by atoms with van der Waals surface area (Å²) in [7, 11) is 0. The fourth-order valence-corrected chi connectivity index (χ4v) is 2.35. The van der Waals surface area contributed by atoms with E-state index in [1.54, 1.807) is 0 Å². The standard InChI is InChI=1S/C16H25BrN2O2/c1-5-11(3)19-16(20)10-21-15-8-7-13(17)9-14(15)12(4)18-6-2/h7-9,11-12,18H,5-6,10H2,1-4H3,(H,19,20). The first-order chi connectivity index (χ1) is 9.97. The molecule has 1 aromatic carbocycles. The van der Waals surface area contributed by atoms with E-state index in [1.807, 2.05) is 32.0 Å². The Kier molecular flexibility index (Phi) is 7.75. The number of ether oxygens (including phenoxy) is 1. The maximum absolute atomic E-state index is 11.8. The van der Waals surface area contributed by atoms with E-state index in [-0.39, 0.29) is 24.6 Å². The van der Waals surface area contributed by atoms with E-state index in [2.05, 4.69) is 40.4 Å². The van der Waals surface area contributed by atoms with Gasteiger partial charge in [0.05, 0.1) is 0 Å². The Bertz CT molecular complexity index is 466. The Morgan fingerprint density at radius 1 is 1.33 bits per heavy atom. The van der Waals surface area contributed by atoms with Crippen molar-refractivity contribution in [1.82, 2.24) is 10.6 Å². The third kappa shape index (κ3) is 6.06. The zero-order valence-electron chi connectivity index (χ0n) is 13.2. The highest BCUT2D eigenvalue weighted by Gasteiger charge is 2.13. The number of halogens is 1. The van der Waals surface area contributed by atoms with Gasteiger partial charge in [0.15, 0.2) is 6.61 Å². The van der Waals surface area contributed by atoms with Gasteiger partial charge in [-0.15, -0.1) is 0 Å². The molecule has 0 radical (unpaired) electrons. The summed E-state index contributed by atoms with van der Waals surface area (Å²) in [5.74, 6) is 0.653. The van der Waals surface area contributed by atoms with Crippen molar-refractivity contribution in [2.45, 2.75) is 46.2 Å². The molecule has 1 aromatic rings. The fourth-order valence-electron chi connectivity index (χ4n) is 1.97. The van der Waals surface area contributed by atoms with Gasteiger partial charge in [0.1, 0.15) is 5.75 Å². The minimum absolute atomic E-state index is 0.0395. The van der Waals surface area contributed by atoms with Crippen LogP contribution in [0.4, 0.5) is 0 Å². The van der Waals surface area contributed by atoms with Crippen molar-refractivity contribution in [2.24, 2.45) is 0 Å². The fraction of sp³-hybridized carbons (Fsp3) is 0.562. The van der Waals surface area contributed by atoms with Gasteiger partial charge in [-0.1, -0.05) is 29.8 Å². The summed E-state index contributed by atoms with van der Waals surface area (Å²) < 4.78 is 6.69. The summed E-state index contributed by atoms with van der Waals surface area (Å²) in [4.78, 5) is 11.8. The molecule has 5 heteroatoms. The smallest absolute Gasteiger partial charge is 0.258 e. The number of benzene rings is 1. The molecule has 0 fully saturated rings. The highest BCUT2D eigenvalue weighted by Crippen LogP contribution is 2.28. The van der Waals surface area contributed by atoms with Crippen LogP contribution in [-0.2, 0) is 4.79 Å². The van der Waals surface area contributed by atoms with Gasteiger partial charge in [0, 0.05) is 22.1 Å². The van der Waals surface area contributed by atoms with Crippen molar-refractivity contribution in [3.8, 4) is 5.75 Å². The Hall–Kier alpha value is -1.07. The molecule has 21 heavy (non-hydrogen) atoms. The predicted octanol–water partition coefficient (Wildman–Crippen LogP) is 3.41. The summed E-state index contributed by atoms with van der Waals surface area (Å²) in [5.41, 5.74) is 1.04. The molecule has 1 rings (SSSR count). The molecule has 0 bridgehead atoms. The summed E-state index contributed by atoms with van der Waals surface area (Å²) in [6.45, 7) is 9.08. The highest BCUT2D eigenvalue weighted by atomic mass is 79.9. The topological polar surface area (TPSA) is 50.4 Å². The van der Waals surface area contributed by atoms with E-state index in [0.717, 1.165) is 28.8 Å². The van der Waals surface area contributed by atoms with Crippen LogP contribution in [0.25, 0.3) is 0 Å². The Morgan fingerprint density at radius 2 is 2.05 bits per heavy atom. The van der Waals surface area contributed by atoms with Crippen molar-refractivity contribution in [2.75, 3.05) is 13.2 Å². The van der Waals surface area contributed by atoms with E-state index in [9.17, 15) is 4.79 Å². The SMILES string of the molecule is CCNC(C)c1cc(Br)ccc1OCC(=O)NC(C)CC. The molecule has 0 spiro atoms. The van der Waals surface area contributed by atoms with Gasteiger partial charge in [0.25, 0.3) is 5.91 Å². The minimum atomic E-state index is -0.0886. The van der Waals surface area contributed by atoms with Crippen LogP contribution in [0.15, 0.2) is 22.7 Å². The number of carbonyl (C=O) groups excluding carboxylic acids is 1. The first-order valence-corrected chi connectivity index (χ1v) is 8.22. The maximum Gasteiger partial charge on any atom is 0.258 e. The van der Waals surface area contributed by atoms with Crippen LogP contribution < -0.4 is 15.4 Å². The van der Waals surface area contributed by atoms with Gasteiger partial charge in [-0.25, -0.2) is 0 Å². The number of rotatable bonds is 8. The van der Waals surface area contributed by atoms with Crippen molar-refractivity contribution < 1.29 is 9.53 Å². The highest BCUT2D eigenvalue weighted by molar-refractivity contribution is 9.10. The van der Waals surface area contributed by atoms with Gasteiger partial charge in [-0.05, 0) is 45.0 Å². The van der Waals surface area contributed by atoms with E-state index < -0.39 is 0 Å². The largest absolute Gasteiger partial charge is 0.483 e. The molecule has 4 nitrogen and oxygen atoms in total. The molecule has 0 saturated carbocycles. The van der Waals surface area contributed by atoms with E-state index >= 15 is 0 Å². The third-order valence-corrected chi connectivity index (χ3v) is 3.82. The lowest BCUT2D eigenvalue weighted by atomic mass is 10.1. The van der Waals surface area contributed by atoms with Crippen molar-refractivity contribution in [3.05, 3.63) is 28.2 Å². The van der Waals surface area contributed by atoms with Crippen LogP contribution in [0, 0.1) is 0 Å². The lowest BCUT2D eigenvalue weighted by Crippen LogP contribution is -2.35. The molecule has 0 aromatic heterocycles. The predicted molar refractivity (Wildman–Crippen MR) is 89.6 cm³/mol. The molecular weight excluding hydrogens is 332 g/mol. The van der Waals surface area contributed by atoms with Gasteiger partial charge in [-0.3, -0.25) is 4.79 Å². The van der Waals surface area contributed by atoms with Crippen molar-refractivity contribution in [1.29, 1.82) is 0 Å². The van der Waals surface area contributed by atoms with Gasteiger partial charge in [0.2, 0.25) is 0 Å². The van der Waals surface area contributed by atoms with Crippen LogP contribution in [0.5, 0.6) is 5.75 Å². The normalized spacial score (nSPS) is 13.6. The Labute approximate surface area is 135 Å². The van der Waals surface area contributed by atoms with E-state index in [0.29, 0.717) is 0 Å². The average molecular weight is 357 g/mol. The molecule has 0 aliphatic rings. The average Bonchev–Trinajstić information content (AvgIpc) is 2.45. The lowest BCUT2D eigenvalue weighted by Gasteiger charge is -2.18. The summed E-state index contributed by atoms with van der Waals surface area (Å²) >= 11 is 3.48. The molecule has 0 aliphatic carbocycles. The van der Waals surface area contributed by atoms with Crippen LogP contribution in [0.2, 0.25) is 0 Å². The monoisotopic (exact) mass is 356 g/mol. The first kappa shape index (κ1) is 18.0. The van der Waals surface area contributed by atoms with E-state index in [4.69, 9.17) is 4.74 Å². The van der Waals surface area contributed by atoms with Gasteiger partial charge < -0.3 is 15.4 Å². The molecule has 118 valence electrons. The molecule has 2 unspecified atom stereocenters. The maximum atomic E-state index is 11.8. The van der Waals surface area contributed by atoms with Crippen LogP contribution >= 0.6 is 15.9 Å². The van der Waals surface area contributed by atoms with Crippen LogP contribution in [0.3, 0.4) is 0 Å². The zero-order valence-corrected chi connectivity index (χ0v) is 14.8.